The molecular weight excluding hydrogens is 517 g/mol. The monoisotopic (exact) mass is 557 g/mol. The molecule has 2 rings (SSSR count). The van der Waals surface area contributed by atoms with E-state index in [-0.39, 0.29) is 35.6 Å². The van der Waals surface area contributed by atoms with E-state index in [0.29, 0.717) is 13.1 Å². The highest BCUT2D eigenvalue weighted by Crippen LogP contribution is 2.15. The SMILES string of the molecule is CN=C(NCCS(=O)(=O)C(C)(C)C)N1CCN(CC(=O)N2CCCCCC2)CC1.I. The maximum Gasteiger partial charge on any atom is 0.236 e. The molecule has 0 aromatic carbocycles. The minimum Gasteiger partial charge on any atom is -0.355 e. The van der Waals surface area contributed by atoms with Gasteiger partial charge in [0.05, 0.1) is 17.0 Å². The molecule has 2 saturated heterocycles. The fraction of sp³-hybridized carbons (Fsp3) is 0.900. The lowest BCUT2D eigenvalue weighted by atomic mass is 10.2. The van der Waals surface area contributed by atoms with E-state index in [4.69, 9.17) is 0 Å². The van der Waals surface area contributed by atoms with E-state index in [9.17, 15) is 13.2 Å². The number of nitrogens with one attached hydrogen (secondary N) is 1. The van der Waals surface area contributed by atoms with Crippen LogP contribution in [0, 0.1) is 0 Å². The van der Waals surface area contributed by atoms with Crippen molar-refractivity contribution in [1.29, 1.82) is 0 Å². The van der Waals surface area contributed by atoms with Crippen molar-refractivity contribution >= 4 is 45.7 Å². The van der Waals surface area contributed by atoms with Gasteiger partial charge in [-0.2, -0.15) is 0 Å². The van der Waals surface area contributed by atoms with E-state index >= 15 is 0 Å². The Hall–Kier alpha value is -0.620. The summed E-state index contributed by atoms with van der Waals surface area (Å²) < 4.78 is 23.8. The standard InChI is InChI=1S/C20H39N5O3S.HI/c1-20(2,3)29(27,28)16-9-22-19(21-4)25-14-12-23(13-15-25)17-18(26)24-10-7-5-6-8-11-24;/h5-17H2,1-4H3,(H,21,22);1H. The molecule has 1 N–H and O–H groups in total. The number of guanidine groups is 1. The Morgan fingerprint density at radius 1 is 0.933 bits per heavy atom. The average Bonchev–Trinajstić information content (AvgIpc) is 2.95. The molecule has 0 bridgehead atoms. The first-order valence-electron chi connectivity index (χ1n) is 10.8. The van der Waals surface area contributed by atoms with Crippen molar-refractivity contribution in [3.8, 4) is 0 Å². The predicted octanol–water partition coefficient (Wildman–Crippen LogP) is 1.41. The summed E-state index contributed by atoms with van der Waals surface area (Å²) in [6.45, 7) is 11.0. The topological polar surface area (TPSA) is 85.3 Å². The second kappa shape index (κ2) is 12.4. The van der Waals surface area contributed by atoms with Gasteiger partial charge in [-0.05, 0) is 33.6 Å². The van der Waals surface area contributed by atoms with Gasteiger partial charge in [0, 0.05) is 52.9 Å². The molecule has 0 atom stereocenters. The van der Waals surface area contributed by atoms with Crippen molar-refractivity contribution in [1.82, 2.24) is 20.0 Å². The van der Waals surface area contributed by atoms with Gasteiger partial charge in [0.2, 0.25) is 5.91 Å². The zero-order valence-corrected chi connectivity index (χ0v) is 22.2. The van der Waals surface area contributed by atoms with Crippen molar-refractivity contribution in [3.63, 3.8) is 0 Å². The Labute approximate surface area is 199 Å². The summed E-state index contributed by atoms with van der Waals surface area (Å²) >= 11 is 0. The summed E-state index contributed by atoms with van der Waals surface area (Å²) in [5.74, 6) is 1.06. The molecular formula is C20H40IN5O3S. The molecule has 0 aliphatic carbocycles. The fourth-order valence-corrected chi connectivity index (χ4v) is 4.65. The van der Waals surface area contributed by atoms with Crippen molar-refractivity contribution in [2.24, 2.45) is 4.99 Å². The van der Waals surface area contributed by atoms with Crippen LogP contribution in [0.4, 0.5) is 0 Å². The van der Waals surface area contributed by atoms with Gasteiger partial charge in [0.1, 0.15) is 0 Å². The minimum absolute atomic E-state index is 0. The second-order valence-corrected chi connectivity index (χ2v) is 11.8. The zero-order valence-electron chi connectivity index (χ0n) is 19.0. The second-order valence-electron chi connectivity index (χ2n) is 8.96. The number of rotatable bonds is 5. The number of piperazine rings is 1. The van der Waals surface area contributed by atoms with E-state index in [2.05, 4.69) is 20.1 Å². The largest absolute Gasteiger partial charge is 0.355 e. The molecule has 30 heavy (non-hydrogen) atoms. The molecule has 10 heteroatoms. The number of amides is 1. The van der Waals surface area contributed by atoms with Crippen LogP contribution in [0.15, 0.2) is 4.99 Å². The van der Waals surface area contributed by atoms with Crippen molar-refractivity contribution in [2.45, 2.75) is 51.2 Å². The van der Waals surface area contributed by atoms with Gasteiger partial charge in [-0.25, -0.2) is 8.42 Å². The molecule has 8 nitrogen and oxygen atoms in total. The third kappa shape index (κ3) is 8.14. The highest BCUT2D eigenvalue weighted by atomic mass is 127. The number of halogens is 1. The Morgan fingerprint density at radius 2 is 1.50 bits per heavy atom. The predicted molar refractivity (Wildman–Crippen MR) is 133 cm³/mol. The molecule has 0 unspecified atom stereocenters. The number of hydrogen-bond donors (Lipinski definition) is 1. The van der Waals surface area contributed by atoms with Gasteiger partial charge in [-0.15, -0.1) is 24.0 Å². The van der Waals surface area contributed by atoms with Crippen LogP contribution >= 0.6 is 24.0 Å². The molecule has 176 valence electrons. The number of carbonyl (C=O) groups is 1. The van der Waals surface area contributed by atoms with Crippen molar-refractivity contribution < 1.29 is 13.2 Å². The van der Waals surface area contributed by atoms with Crippen LogP contribution in [-0.4, -0.2) is 105 Å². The Morgan fingerprint density at radius 3 is 2.00 bits per heavy atom. The highest BCUT2D eigenvalue weighted by molar-refractivity contribution is 14.0. The summed E-state index contributed by atoms with van der Waals surface area (Å²) in [6, 6.07) is 0. The number of aliphatic imine (C=N–C) groups is 1. The zero-order chi connectivity index (χ0) is 21.5. The van der Waals surface area contributed by atoms with Crippen molar-refractivity contribution in [2.75, 3.05) is 65.2 Å². The first kappa shape index (κ1) is 27.4. The number of likely N-dealkylation sites (tertiary alicyclic amines) is 1. The van der Waals surface area contributed by atoms with Crippen LogP contribution in [0.3, 0.4) is 0 Å². The summed E-state index contributed by atoms with van der Waals surface area (Å²) in [4.78, 5) is 23.3. The number of hydrogen-bond acceptors (Lipinski definition) is 5. The summed E-state index contributed by atoms with van der Waals surface area (Å²) in [5.41, 5.74) is 0. The molecule has 2 fully saturated rings. The minimum atomic E-state index is -3.15. The van der Waals surface area contributed by atoms with Crippen LogP contribution in [-0.2, 0) is 14.6 Å². The van der Waals surface area contributed by atoms with E-state index in [1.54, 1.807) is 27.8 Å². The molecule has 0 aromatic heterocycles. The maximum atomic E-state index is 12.6. The third-order valence-corrected chi connectivity index (χ3v) is 8.40. The lowest BCUT2D eigenvalue weighted by Gasteiger charge is -2.37. The Balaban J connectivity index is 0.00000450. The fourth-order valence-electron chi connectivity index (χ4n) is 3.66. The molecule has 0 radical (unpaired) electrons. The van der Waals surface area contributed by atoms with Crippen molar-refractivity contribution in [3.05, 3.63) is 0 Å². The molecule has 2 aliphatic rings. The quantitative estimate of drug-likeness (QED) is 0.313. The van der Waals surface area contributed by atoms with Crippen LogP contribution in [0.5, 0.6) is 0 Å². The Bertz CT molecular complexity index is 662. The van der Waals surface area contributed by atoms with Crippen LogP contribution < -0.4 is 5.32 Å². The first-order chi connectivity index (χ1) is 13.6. The normalized spacial score (nSPS) is 19.8. The van der Waals surface area contributed by atoms with E-state index in [1.165, 1.54) is 12.8 Å². The third-order valence-electron chi connectivity index (χ3n) is 5.79. The lowest BCUT2D eigenvalue weighted by molar-refractivity contribution is -0.132. The average molecular weight is 558 g/mol. The van der Waals surface area contributed by atoms with Gasteiger partial charge in [-0.1, -0.05) is 12.8 Å². The Kier molecular flexibility index (Phi) is 11.4. The van der Waals surface area contributed by atoms with Gasteiger partial charge in [-0.3, -0.25) is 14.7 Å². The molecule has 2 aliphatic heterocycles. The first-order valence-corrected chi connectivity index (χ1v) is 12.5. The molecule has 0 saturated carbocycles. The molecule has 2 heterocycles. The smallest absolute Gasteiger partial charge is 0.236 e. The van der Waals surface area contributed by atoms with Gasteiger partial charge < -0.3 is 15.1 Å². The van der Waals surface area contributed by atoms with Crippen LogP contribution in [0.2, 0.25) is 0 Å². The molecule has 0 aromatic rings. The van der Waals surface area contributed by atoms with Gasteiger partial charge in [0.25, 0.3) is 0 Å². The number of sulfone groups is 1. The molecule has 0 spiro atoms. The number of nitrogens with zero attached hydrogens (tertiary/aromatic N) is 4. The maximum absolute atomic E-state index is 12.6. The van der Waals surface area contributed by atoms with E-state index < -0.39 is 14.6 Å². The summed E-state index contributed by atoms with van der Waals surface area (Å²) in [6.07, 6.45) is 4.69. The molecule has 1 amide bonds. The summed E-state index contributed by atoms with van der Waals surface area (Å²) in [5, 5.41) is 3.18. The van der Waals surface area contributed by atoms with Crippen LogP contribution in [0.25, 0.3) is 0 Å². The van der Waals surface area contributed by atoms with Gasteiger partial charge in [0.15, 0.2) is 15.8 Å². The van der Waals surface area contributed by atoms with E-state index in [0.717, 1.165) is 58.1 Å². The number of carbonyl (C=O) groups excluding carboxylic acids is 1. The van der Waals surface area contributed by atoms with Crippen LogP contribution in [0.1, 0.15) is 46.5 Å². The van der Waals surface area contributed by atoms with Gasteiger partial charge >= 0.3 is 0 Å². The van der Waals surface area contributed by atoms with E-state index in [1.807, 2.05) is 4.90 Å². The lowest BCUT2D eigenvalue weighted by Crippen LogP contribution is -2.54. The summed E-state index contributed by atoms with van der Waals surface area (Å²) in [7, 11) is -1.44. The highest BCUT2D eigenvalue weighted by Gasteiger charge is 2.29.